The third kappa shape index (κ3) is 2.23. The van der Waals surface area contributed by atoms with E-state index in [9.17, 15) is 0 Å². The number of methoxy groups -OCH3 is 1. The van der Waals surface area contributed by atoms with Gasteiger partial charge in [0.05, 0.1) is 18.5 Å². The Morgan fingerprint density at radius 3 is 3.00 bits per heavy atom. The van der Waals surface area contributed by atoms with Crippen LogP contribution < -0.4 is 4.74 Å². The second-order valence-corrected chi connectivity index (χ2v) is 3.43. The number of aliphatic hydroxyl groups is 1. The van der Waals surface area contributed by atoms with Gasteiger partial charge >= 0.3 is 0 Å². The van der Waals surface area contributed by atoms with Crippen LogP contribution in [0.3, 0.4) is 0 Å². The normalized spacial score (nSPS) is 10.4. The summed E-state index contributed by atoms with van der Waals surface area (Å²) in [6.45, 7) is 0.120. The molecule has 0 spiro atoms. The Hall–Kier alpha value is -1.81. The second kappa shape index (κ2) is 4.81. The van der Waals surface area contributed by atoms with Gasteiger partial charge in [0.25, 0.3) is 0 Å². The van der Waals surface area contributed by atoms with Crippen LogP contribution in [0, 0.1) is 0 Å². The van der Waals surface area contributed by atoms with Crippen molar-refractivity contribution in [1.82, 2.24) is 9.78 Å². The summed E-state index contributed by atoms with van der Waals surface area (Å²) in [5, 5.41) is 13.2. The van der Waals surface area contributed by atoms with Gasteiger partial charge in [0.1, 0.15) is 5.75 Å². The number of hydrogen-bond donors (Lipinski definition) is 1. The number of nitrogens with zero attached hydrogens (tertiary/aromatic N) is 2. The van der Waals surface area contributed by atoms with Gasteiger partial charge < -0.3 is 9.84 Å². The molecule has 4 nitrogen and oxygen atoms in total. The summed E-state index contributed by atoms with van der Waals surface area (Å²) < 4.78 is 6.92. The highest BCUT2D eigenvalue weighted by molar-refractivity contribution is 5.38. The average Bonchev–Trinajstić information content (AvgIpc) is 2.78. The first kappa shape index (κ1) is 10.7. The van der Waals surface area contributed by atoms with E-state index in [1.165, 1.54) is 0 Å². The fourth-order valence-corrected chi connectivity index (χ4v) is 1.51. The van der Waals surface area contributed by atoms with Gasteiger partial charge in [-0.1, -0.05) is 6.07 Å². The van der Waals surface area contributed by atoms with Crippen molar-refractivity contribution in [3.05, 3.63) is 42.2 Å². The van der Waals surface area contributed by atoms with Crippen molar-refractivity contribution in [3.8, 4) is 11.4 Å². The molecule has 0 atom stereocenters. The van der Waals surface area contributed by atoms with E-state index >= 15 is 0 Å². The van der Waals surface area contributed by atoms with Crippen molar-refractivity contribution < 1.29 is 9.84 Å². The third-order valence-electron chi connectivity index (χ3n) is 2.33. The van der Waals surface area contributed by atoms with Gasteiger partial charge in [0.2, 0.25) is 0 Å². The average molecular weight is 218 g/mol. The molecule has 0 radical (unpaired) electrons. The summed E-state index contributed by atoms with van der Waals surface area (Å²) in [5.41, 5.74) is 1.83. The summed E-state index contributed by atoms with van der Waals surface area (Å²) in [6.07, 6.45) is 2.46. The van der Waals surface area contributed by atoms with E-state index in [0.29, 0.717) is 6.42 Å². The largest absolute Gasteiger partial charge is 0.497 e. The minimum Gasteiger partial charge on any atom is -0.497 e. The first-order valence-electron chi connectivity index (χ1n) is 5.13. The molecule has 0 aliphatic rings. The molecule has 1 N–H and O–H groups in total. The molecule has 84 valence electrons. The Labute approximate surface area is 94.1 Å². The molecule has 2 rings (SSSR count). The highest BCUT2D eigenvalue weighted by Gasteiger charge is 2.01. The third-order valence-corrected chi connectivity index (χ3v) is 2.33. The molecular formula is C12H14N2O2. The lowest BCUT2D eigenvalue weighted by molar-refractivity contribution is 0.298. The van der Waals surface area contributed by atoms with Crippen LogP contribution in [0.5, 0.6) is 5.75 Å². The van der Waals surface area contributed by atoms with Gasteiger partial charge in [-0.3, -0.25) is 0 Å². The van der Waals surface area contributed by atoms with Crippen LogP contribution in [0.2, 0.25) is 0 Å². The molecule has 1 aromatic heterocycles. The molecule has 0 saturated carbocycles. The number of aromatic nitrogens is 2. The van der Waals surface area contributed by atoms with Gasteiger partial charge in [-0.25, -0.2) is 4.68 Å². The van der Waals surface area contributed by atoms with E-state index in [-0.39, 0.29) is 6.61 Å². The van der Waals surface area contributed by atoms with Crippen molar-refractivity contribution in [3.63, 3.8) is 0 Å². The quantitative estimate of drug-likeness (QED) is 0.844. The summed E-state index contributed by atoms with van der Waals surface area (Å²) >= 11 is 0. The number of ether oxygens (including phenoxy) is 1. The Bertz CT molecular complexity index is 466. The topological polar surface area (TPSA) is 47.3 Å². The molecule has 1 heterocycles. The van der Waals surface area contributed by atoms with Crippen molar-refractivity contribution in [2.75, 3.05) is 13.7 Å². The van der Waals surface area contributed by atoms with Crippen LogP contribution in [0.15, 0.2) is 36.5 Å². The number of benzene rings is 1. The second-order valence-electron chi connectivity index (χ2n) is 3.43. The van der Waals surface area contributed by atoms with Crippen LogP contribution in [0.25, 0.3) is 5.69 Å². The summed E-state index contributed by atoms with van der Waals surface area (Å²) in [6, 6.07) is 9.58. The van der Waals surface area contributed by atoms with Gasteiger partial charge in [0.15, 0.2) is 0 Å². The van der Waals surface area contributed by atoms with Gasteiger partial charge in [-0.05, 0) is 18.2 Å². The predicted molar refractivity (Wildman–Crippen MR) is 60.9 cm³/mol. The Kier molecular flexibility index (Phi) is 3.22. The number of aliphatic hydroxyl groups excluding tert-OH is 1. The zero-order valence-electron chi connectivity index (χ0n) is 9.13. The van der Waals surface area contributed by atoms with Crippen molar-refractivity contribution in [2.24, 2.45) is 0 Å². The van der Waals surface area contributed by atoms with E-state index in [0.717, 1.165) is 17.1 Å². The van der Waals surface area contributed by atoms with Gasteiger partial charge in [-0.2, -0.15) is 5.10 Å². The fraction of sp³-hybridized carbons (Fsp3) is 0.250. The van der Waals surface area contributed by atoms with E-state index in [4.69, 9.17) is 9.84 Å². The Morgan fingerprint density at radius 1 is 1.38 bits per heavy atom. The maximum atomic E-state index is 8.81. The maximum absolute atomic E-state index is 8.81. The molecule has 4 heteroatoms. The van der Waals surface area contributed by atoms with E-state index in [1.54, 1.807) is 11.8 Å². The summed E-state index contributed by atoms with van der Waals surface area (Å²) in [5.74, 6) is 0.803. The molecule has 0 aliphatic heterocycles. The molecule has 0 unspecified atom stereocenters. The van der Waals surface area contributed by atoms with Crippen LogP contribution in [0.4, 0.5) is 0 Å². The van der Waals surface area contributed by atoms with E-state index in [2.05, 4.69) is 5.10 Å². The molecule has 1 aromatic carbocycles. The van der Waals surface area contributed by atoms with Gasteiger partial charge in [0, 0.05) is 25.3 Å². The molecule has 0 aliphatic carbocycles. The monoisotopic (exact) mass is 218 g/mol. The fourth-order valence-electron chi connectivity index (χ4n) is 1.51. The molecule has 2 aromatic rings. The van der Waals surface area contributed by atoms with Gasteiger partial charge in [-0.15, -0.1) is 0 Å². The lowest BCUT2D eigenvalue weighted by Crippen LogP contribution is -1.98. The molecule has 0 saturated heterocycles. The molecule has 0 fully saturated rings. The van der Waals surface area contributed by atoms with Crippen LogP contribution in [-0.2, 0) is 6.42 Å². The smallest absolute Gasteiger partial charge is 0.121 e. The molecular weight excluding hydrogens is 204 g/mol. The summed E-state index contributed by atoms with van der Waals surface area (Å²) in [4.78, 5) is 0. The van der Waals surface area contributed by atoms with Crippen LogP contribution in [0.1, 0.15) is 5.69 Å². The summed E-state index contributed by atoms with van der Waals surface area (Å²) in [7, 11) is 1.64. The minimum atomic E-state index is 0.120. The van der Waals surface area contributed by atoms with Crippen LogP contribution in [-0.4, -0.2) is 28.6 Å². The first-order chi connectivity index (χ1) is 7.83. The zero-order valence-corrected chi connectivity index (χ0v) is 9.13. The predicted octanol–water partition coefficient (Wildman–Crippen LogP) is 1.42. The van der Waals surface area contributed by atoms with Crippen molar-refractivity contribution >= 4 is 0 Å². The van der Waals surface area contributed by atoms with Crippen molar-refractivity contribution in [2.45, 2.75) is 6.42 Å². The molecule has 0 amide bonds. The highest BCUT2D eigenvalue weighted by Crippen LogP contribution is 2.15. The molecule has 16 heavy (non-hydrogen) atoms. The maximum Gasteiger partial charge on any atom is 0.121 e. The number of rotatable bonds is 4. The SMILES string of the molecule is COc1cccc(-n2ccc(CCO)n2)c1. The minimum absolute atomic E-state index is 0.120. The Balaban J connectivity index is 2.27. The number of hydrogen-bond acceptors (Lipinski definition) is 3. The van der Waals surface area contributed by atoms with Crippen molar-refractivity contribution in [1.29, 1.82) is 0 Å². The standard InChI is InChI=1S/C12H14N2O2/c1-16-12-4-2-3-11(9-12)14-7-5-10(13-14)6-8-15/h2-5,7,9,15H,6,8H2,1H3. The Morgan fingerprint density at radius 2 is 2.25 bits per heavy atom. The lowest BCUT2D eigenvalue weighted by Gasteiger charge is -2.04. The first-order valence-corrected chi connectivity index (χ1v) is 5.13. The van der Waals surface area contributed by atoms with E-state index in [1.807, 2.05) is 36.5 Å². The lowest BCUT2D eigenvalue weighted by atomic mass is 10.3. The van der Waals surface area contributed by atoms with Crippen LogP contribution >= 0.6 is 0 Å². The zero-order chi connectivity index (χ0) is 11.4. The molecule has 0 bridgehead atoms. The van der Waals surface area contributed by atoms with E-state index < -0.39 is 0 Å². The highest BCUT2D eigenvalue weighted by atomic mass is 16.5.